The lowest BCUT2D eigenvalue weighted by molar-refractivity contribution is 0.814. The van der Waals surface area contributed by atoms with Crippen LogP contribution in [0.4, 0.5) is 17.6 Å². The topological polar surface area (TPSA) is 150 Å². The number of nitrogens with two attached hydrogens (primary N) is 3. The van der Waals surface area contributed by atoms with Crippen LogP contribution in [0.1, 0.15) is 30.2 Å². The molecule has 9 heteroatoms. The van der Waals surface area contributed by atoms with Crippen LogP contribution in [0.25, 0.3) is 16.5 Å². The van der Waals surface area contributed by atoms with E-state index in [1.54, 1.807) is 12.1 Å². The summed E-state index contributed by atoms with van der Waals surface area (Å²) in [5.41, 5.74) is 18.8. The molecule has 2 heterocycles. The maximum atomic E-state index is 13.1. The second kappa shape index (κ2) is 10.0. The monoisotopic (exact) mass is 461 g/mol. The van der Waals surface area contributed by atoms with Gasteiger partial charge in [-0.3, -0.25) is 9.36 Å². The van der Waals surface area contributed by atoms with Crippen LogP contribution in [0.2, 0.25) is 5.02 Å². The Labute approximate surface area is 196 Å². The molecule has 4 rings (SSSR count). The Hall–Kier alpha value is -4.09. The number of aryl methyl sites for hydroxylation is 2. The molecule has 0 aliphatic rings. The van der Waals surface area contributed by atoms with E-state index >= 15 is 0 Å². The Bertz CT molecular complexity index is 1400. The molecule has 0 saturated carbocycles. The van der Waals surface area contributed by atoms with Gasteiger partial charge < -0.3 is 17.2 Å². The number of anilines is 3. The van der Waals surface area contributed by atoms with Gasteiger partial charge in [0.25, 0.3) is 5.56 Å². The largest absolute Gasteiger partial charge is 0.382 e. The molecule has 0 atom stereocenters. The molecule has 0 spiro atoms. The molecule has 0 amide bonds. The van der Waals surface area contributed by atoms with Crippen LogP contribution < -0.4 is 22.8 Å². The highest BCUT2D eigenvalue weighted by Gasteiger charge is 2.14. The van der Waals surface area contributed by atoms with Crippen molar-refractivity contribution >= 4 is 40.0 Å². The fourth-order valence-corrected chi connectivity index (χ4v) is 3.78. The minimum atomic E-state index is -0.0409. The first-order valence-electron chi connectivity index (χ1n) is 10.3. The second-order valence-corrected chi connectivity index (χ2v) is 7.76. The molecule has 33 heavy (non-hydrogen) atoms. The molecule has 0 unspecified atom stereocenters. The summed E-state index contributed by atoms with van der Waals surface area (Å²) in [6.45, 7) is 4.14. The van der Waals surface area contributed by atoms with Crippen LogP contribution in [-0.4, -0.2) is 14.5 Å². The van der Waals surface area contributed by atoms with Gasteiger partial charge >= 0.3 is 0 Å². The third-order valence-electron chi connectivity index (χ3n) is 5.03. The van der Waals surface area contributed by atoms with Crippen LogP contribution in [0, 0.1) is 18.3 Å². The number of hydrogen-bond donors (Lipinski definition) is 3. The average molecular weight is 462 g/mol. The highest BCUT2D eigenvalue weighted by atomic mass is 35.5. The van der Waals surface area contributed by atoms with Gasteiger partial charge in [0, 0.05) is 5.69 Å². The van der Waals surface area contributed by atoms with Crippen molar-refractivity contribution in [1.82, 2.24) is 14.5 Å². The number of fused-ring (bicyclic) bond motifs is 1. The maximum Gasteiger partial charge on any atom is 0.264 e. The van der Waals surface area contributed by atoms with Crippen molar-refractivity contribution in [2.45, 2.75) is 26.7 Å². The standard InChI is InChI=1S/C19H18ClNO.C5H6N6/c1-3-7-15-12-14-9-6-10-16(20)18(14)19(22)21(15)17-11-5-4-8-13(17)2;6-1-2-3(7)10-5(9)11-4(2)8/h4-6,8-12H,3,7H2,1-2H3;(H6,7,8,9,10,11). The fourth-order valence-electron chi connectivity index (χ4n) is 3.52. The number of aromatic nitrogens is 3. The van der Waals surface area contributed by atoms with Gasteiger partial charge in [-0.25, -0.2) is 0 Å². The SMILES string of the molecule is CCCc1cc2cccc(Cl)c2c(=O)n1-c1ccccc1C.N#Cc1c(N)nc(N)nc1N. The molecular formula is C24H24ClN7O. The van der Waals surface area contributed by atoms with Crippen molar-refractivity contribution in [3.8, 4) is 11.8 Å². The van der Waals surface area contributed by atoms with E-state index in [2.05, 4.69) is 23.0 Å². The van der Waals surface area contributed by atoms with Crippen molar-refractivity contribution in [2.75, 3.05) is 17.2 Å². The normalized spacial score (nSPS) is 10.4. The van der Waals surface area contributed by atoms with Crippen molar-refractivity contribution in [1.29, 1.82) is 5.26 Å². The van der Waals surface area contributed by atoms with Crippen molar-refractivity contribution < 1.29 is 0 Å². The van der Waals surface area contributed by atoms with E-state index in [1.807, 2.05) is 47.9 Å². The predicted octanol–water partition coefficient (Wildman–Crippen LogP) is 4.00. The summed E-state index contributed by atoms with van der Waals surface area (Å²) in [5.74, 6) is -0.00556. The molecule has 0 bridgehead atoms. The zero-order chi connectivity index (χ0) is 24.1. The number of nitrogen functional groups attached to an aromatic ring is 3. The van der Waals surface area contributed by atoms with Crippen molar-refractivity contribution in [3.63, 3.8) is 0 Å². The Morgan fingerprint density at radius 2 is 1.73 bits per heavy atom. The number of pyridine rings is 1. The smallest absolute Gasteiger partial charge is 0.264 e. The van der Waals surface area contributed by atoms with Crippen molar-refractivity contribution in [3.05, 3.63) is 80.7 Å². The third kappa shape index (κ3) is 4.89. The third-order valence-corrected chi connectivity index (χ3v) is 5.34. The Morgan fingerprint density at radius 1 is 1.06 bits per heavy atom. The number of nitriles is 1. The second-order valence-electron chi connectivity index (χ2n) is 7.36. The quantitative estimate of drug-likeness (QED) is 0.417. The van der Waals surface area contributed by atoms with Gasteiger partial charge in [-0.05, 0) is 42.5 Å². The minimum absolute atomic E-state index is 0.0116. The summed E-state index contributed by atoms with van der Waals surface area (Å²) in [6, 6.07) is 17.4. The number of hydrogen-bond acceptors (Lipinski definition) is 7. The van der Waals surface area contributed by atoms with E-state index in [-0.39, 0.29) is 28.7 Å². The molecule has 0 aliphatic heterocycles. The van der Waals surface area contributed by atoms with Gasteiger partial charge in [0.2, 0.25) is 5.95 Å². The molecule has 168 valence electrons. The van der Waals surface area contributed by atoms with Crippen LogP contribution >= 0.6 is 11.6 Å². The van der Waals surface area contributed by atoms with Crippen LogP contribution in [0.3, 0.4) is 0 Å². The molecule has 4 aromatic rings. The summed E-state index contributed by atoms with van der Waals surface area (Å²) in [5, 5.41) is 10.5. The van der Waals surface area contributed by atoms with Crippen LogP contribution in [0.15, 0.2) is 53.3 Å². The predicted molar refractivity (Wildman–Crippen MR) is 133 cm³/mol. The number of benzene rings is 2. The lowest BCUT2D eigenvalue weighted by atomic mass is 10.1. The minimum Gasteiger partial charge on any atom is -0.382 e. The summed E-state index contributed by atoms with van der Waals surface area (Å²) in [4.78, 5) is 20.2. The zero-order valence-corrected chi connectivity index (χ0v) is 19.1. The number of para-hydroxylation sites is 1. The van der Waals surface area contributed by atoms with Crippen molar-refractivity contribution in [2.24, 2.45) is 0 Å². The van der Waals surface area contributed by atoms with Crippen LogP contribution in [-0.2, 0) is 6.42 Å². The van der Waals surface area contributed by atoms with Crippen LogP contribution in [0.5, 0.6) is 0 Å². The van der Waals surface area contributed by atoms with E-state index in [4.69, 9.17) is 34.1 Å². The molecular weight excluding hydrogens is 438 g/mol. The molecule has 2 aromatic carbocycles. The highest BCUT2D eigenvalue weighted by molar-refractivity contribution is 6.35. The summed E-state index contributed by atoms with van der Waals surface area (Å²) >= 11 is 6.28. The van der Waals surface area contributed by atoms with E-state index in [1.165, 1.54) is 0 Å². The van der Waals surface area contributed by atoms with Gasteiger partial charge in [0.1, 0.15) is 23.3 Å². The lowest BCUT2D eigenvalue weighted by Crippen LogP contribution is -2.23. The average Bonchev–Trinajstić information content (AvgIpc) is 2.75. The molecule has 0 saturated heterocycles. The molecule has 0 radical (unpaired) electrons. The summed E-state index contributed by atoms with van der Waals surface area (Å²) in [7, 11) is 0. The van der Waals surface area contributed by atoms with E-state index in [0.717, 1.165) is 35.2 Å². The van der Waals surface area contributed by atoms with Gasteiger partial charge in [-0.15, -0.1) is 0 Å². The highest BCUT2D eigenvalue weighted by Crippen LogP contribution is 2.24. The molecule has 8 nitrogen and oxygen atoms in total. The first-order chi connectivity index (χ1) is 15.8. The maximum absolute atomic E-state index is 13.1. The first-order valence-corrected chi connectivity index (χ1v) is 10.6. The van der Waals surface area contributed by atoms with E-state index in [0.29, 0.717) is 10.4 Å². The Balaban J connectivity index is 0.000000235. The molecule has 6 N–H and O–H groups in total. The van der Waals surface area contributed by atoms with Gasteiger partial charge in [-0.2, -0.15) is 15.2 Å². The van der Waals surface area contributed by atoms with E-state index in [9.17, 15) is 4.79 Å². The zero-order valence-electron chi connectivity index (χ0n) is 18.3. The Morgan fingerprint density at radius 3 is 2.33 bits per heavy atom. The lowest BCUT2D eigenvalue weighted by Gasteiger charge is -2.16. The fraction of sp³-hybridized carbons (Fsp3) is 0.167. The molecule has 2 aromatic heterocycles. The number of halogens is 1. The summed E-state index contributed by atoms with van der Waals surface area (Å²) in [6.07, 6.45) is 1.84. The van der Waals surface area contributed by atoms with Gasteiger partial charge in [0.05, 0.1) is 16.1 Å². The van der Waals surface area contributed by atoms with Gasteiger partial charge in [0.15, 0.2) is 0 Å². The Kier molecular flexibility index (Phi) is 7.16. The van der Waals surface area contributed by atoms with Gasteiger partial charge in [-0.1, -0.05) is 55.3 Å². The number of nitrogens with zero attached hydrogens (tertiary/aromatic N) is 4. The number of rotatable bonds is 3. The first kappa shape index (κ1) is 23.6. The molecule has 0 fully saturated rings. The molecule has 0 aliphatic carbocycles. The summed E-state index contributed by atoms with van der Waals surface area (Å²) < 4.78 is 1.81. The van der Waals surface area contributed by atoms with E-state index < -0.39 is 0 Å².